The molecule has 0 heterocycles. The Morgan fingerprint density at radius 1 is 0.941 bits per heavy atom. The predicted octanol–water partition coefficient (Wildman–Crippen LogP) is 1.23. The van der Waals surface area contributed by atoms with Crippen molar-refractivity contribution >= 4 is 12.1 Å². The fourth-order valence-corrected chi connectivity index (χ4v) is 0.400. The summed E-state index contributed by atoms with van der Waals surface area (Å²) >= 11 is 0. The number of rotatable bonds is 0. The number of carbonyl (C=O) groups excluding carboxylic acids is 2. The molecular formula is C11H26N4O2. The number of hydrogen-bond donors (Lipinski definition) is 2. The Labute approximate surface area is 104 Å². The van der Waals surface area contributed by atoms with Crippen LogP contribution in [0.3, 0.4) is 0 Å². The summed E-state index contributed by atoms with van der Waals surface area (Å²) in [6.07, 6.45) is 2.08. The third-order valence-corrected chi connectivity index (χ3v) is 1.34. The third-order valence-electron chi connectivity index (χ3n) is 1.34. The Hall–Kier alpha value is -1.72. The van der Waals surface area contributed by atoms with Crippen LogP contribution in [0.1, 0.15) is 20.8 Å². The lowest BCUT2D eigenvalue weighted by atomic mass is 10.3. The molecule has 0 aromatic heterocycles. The second-order valence-electron chi connectivity index (χ2n) is 3.84. The van der Waals surface area contributed by atoms with Crippen LogP contribution in [0.4, 0.5) is 9.59 Å². The van der Waals surface area contributed by atoms with Crippen LogP contribution in [0.2, 0.25) is 0 Å². The fraction of sp³-hybridized carbons (Fsp3) is 0.636. The number of hydrogen-bond acceptors (Lipinski definition) is 2. The van der Waals surface area contributed by atoms with Crippen molar-refractivity contribution in [1.29, 1.82) is 0 Å². The Bertz CT molecular complexity index is 230. The zero-order valence-electron chi connectivity index (χ0n) is 11.9. The second kappa shape index (κ2) is 12.4. The highest BCUT2D eigenvalue weighted by atomic mass is 16.2. The van der Waals surface area contributed by atoms with Crippen molar-refractivity contribution in [3.05, 3.63) is 11.6 Å². The van der Waals surface area contributed by atoms with E-state index in [1.807, 2.05) is 6.92 Å². The Morgan fingerprint density at radius 2 is 1.12 bits per heavy atom. The molecule has 0 aliphatic heterocycles. The molecule has 102 valence electrons. The summed E-state index contributed by atoms with van der Waals surface area (Å²) in [5.74, 6) is 0. The molecule has 0 aliphatic rings. The molecule has 0 aromatic carbocycles. The summed E-state index contributed by atoms with van der Waals surface area (Å²) in [6, 6.07) is -0.815. The van der Waals surface area contributed by atoms with E-state index in [9.17, 15) is 4.79 Å². The molecule has 0 atom stereocenters. The lowest BCUT2D eigenvalue weighted by Crippen LogP contribution is -2.33. The Balaban J connectivity index is -0.000000188. The lowest BCUT2D eigenvalue weighted by Gasteiger charge is -2.16. The molecule has 0 bridgehead atoms. The average molecular weight is 246 g/mol. The molecule has 0 fully saturated rings. The van der Waals surface area contributed by atoms with Gasteiger partial charge in [0, 0.05) is 28.2 Å². The first-order valence-electron chi connectivity index (χ1n) is 5.09. The van der Waals surface area contributed by atoms with E-state index >= 15 is 0 Å². The summed E-state index contributed by atoms with van der Waals surface area (Å²) < 4.78 is 0. The average Bonchev–Trinajstić information content (AvgIpc) is 2.16. The molecule has 0 rings (SSSR count). The maximum atomic E-state index is 10.7. The van der Waals surface area contributed by atoms with Gasteiger partial charge in [0.1, 0.15) is 0 Å². The van der Waals surface area contributed by atoms with Crippen molar-refractivity contribution in [2.45, 2.75) is 20.8 Å². The summed E-state index contributed by atoms with van der Waals surface area (Å²) in [7, 11) is 6.90. The SMILES string of the molecule is CC=C(C)C.CN(C)C(=O)N(C)C.NC(N)=O. The standard InChI is InChI=1S/C5H12N2O.C5H10.CH4N2O/c1-6(2)5(8)7(3)4;1-4-5(2)3;2-1(3)4/h1-4H3;4H,1-3H3;(H4,2,3,4). The van der Waals surface area contributed by atoms with E-state index in [1.165, 1.54) is 15.4 Å². The fourth-order valence-electron chi connectivity index (χ4n) is 0.400. The van der Waals surface area contributed by atoms with Gasteiger partial charge in [0.25, 0.3) is 0 Å². The van der Waals surface area contributed by atoms with Crippen LogP contribution in [0, 0.1) is 0 Å². The van der Waals surface area contributed by atoms with Gasteiger partial charge in [0.15, 0.2) is 0 Å². The molecule has 0 aliphatic carbocycles. The molecule has 0 radical (unpaired) electrons. The summed E-state index contributed by atoms with van der Waals surface area (Å²) in [4.78, 5) is 22.8. The molecule has 0 saturated heterocycles. The van der Waals surface area contributed by atoms with Gasteiger partial charge < -0.3 is 21.3 Å². The minimum Gasteiger partial charge on any atom is -0.352 e. The number of carbonyl (C=O) groups is 2. The summed E-state index contributed by atoms with van der Waals surface area (Å²) in [6.45, 7) is 6.20. The van der Waals surface area contributed by atoms with Crippen molar-refractivity contribution < 1.29 is 9.59 Å². The van der Waals surface area contributed by atoms with Crippen molar-refractivity contribution in [3.63, 3.8) is 0 Å². The highest BCUT2D eigenvalue weighted by Gasteiger charge is 2.02. The van der Waals surface area contributed by atoms with Gasteiger partial charge in [0.05, 0.1) is 0 Å². The van der Waals surface area contributed by atoms with Crippen molar-refractivity contribution in [1.82, 2.24) is 9.80 Å². The molecule has 0 spiro atoms. The van der Waals surface area contributed by atoms with Crippen LogP contribution in [0.15, 0.2) is 11.6 Å². The molecular weight excluding hydrogens is 220 g/mol. The maximum absolute atomic E-state index is 10.7. The molecule has 6 nitrogen and oxygen atoms in total. The molecule has 4 amide bonds. The summed E-state index contributed by atoms with van der Waals surface area (Å²) in [5.41, 5.74) is 9.88. The summed E-state index contributed by atoms with van der Waals surface area (Å²) in [5, 5.41) is 0. The second-order valence-corrected chi connectivity index (χ2v) is 3.84. The van der Waals surface area contributed by atoms with E-state index in [4.69, 9.17) is 4.79 Å². The van der Waals surface area contributed by atoms with Gasteiger partial charge in [-0.3, -0.25) is 0 Å². The van der Waals surface area contributed by atoms with E-state index in [0.29, 0.717) is 0 Å². The van der Waals surface area contributed by atoms with Crippen LogP contribution in [-0.2, 0) is 0 Å². The zero-order valence-corrected chi connectivity index (χ0v) is 11.9. The lowest BCUT2D eigenvalue weighted by molar-refractivity contribution is 0.191. The van der Waals surface area contributed by atoms with Gasteiger partial charge in [-0.1, -0.05) is 11.6 Å². The van der Waals surface area contributed by atoms with Crippen LogP contribution >= 0.6 is 0 Å². The number of primary amides is 2. The molecule has 0 unspecified atom stereocenters. The molecule has 6 heteroatoms. The van der Waals surface area contributed by atoms with Gasteiger partial charge in [0.2, 0.25) is 0 Å². The van der Waals surface area contributed by atoms with E-state index in [0.717, 1.165) is 0 Å². The van der Waals surface area contributed by atoms with E-state index in [-0.39, 0.29) is 6.03 Å². The van der Waals surface area contributed by atoms with Gasteiger partial charge in [-0.05, 0) is 20.8 Å². The highest BCUT2D eigenvalue weighted by molar-refractivity contribution is 5.73. The number of amides is 4. The van der Waals surface area contributed by atoms with E-state index in [1.54, 1.807) is 28.2 Å². The van der Waals surface area contributed by atoms with Crippen LogP contribution < -0.4 is 11.5 Å². The van der Waals surface area contributed by atoms with Crippen LogP contribution in [0.25, 0.3) is 0 Å². The van der Waals surface area contributed by atoms with E-state index < -0.39 is 6.03 Å². The van der Waals surface area contributed by atoms with Gasteiger partial charge >= 0.3 is 12.1 Å². The number of nitrogens with zero attached hydrogens (tertiary/aromatic N) is 2. The van der Waals surface area contributed by atoms with Gasteiger partial charge in [-0.2, -0.15) is 0 Å². The van der Waals surface area contributed by atoms with Crippen molar-refractivity contribution in [2.75, 3.05) is 28.2 Å². The van der Waals surface area contributed by atoms with Crippen LogP contribution in [0.5, 0.6) is 0 Å². The number of urea groups is 2. The minimum absolute atomic E-state index is 0.0185. The highest BCUT2D eigenvalue weighted by Crippen LogP contribution is 1.83. The van der Waals surface area contributed by atoms with Crippen LogP contribution in [-0.4, -0.2) is 50.1 Å². The quantitative estimate of drug-likeness (QED) is 0.629. The zero-order chi connectivity index (χ0) is 14.6. The monoisotopic (exact) mass is 246 g/mol. The van der Waals surface area contributed by atoms with Gasteiger partial charge in [-0.25, -0.2) is 9.59 Å². The number of allylic oxidation sites excluding steroid dienone is 2. The van der Waals surface area contributed by atoms with Crippen molar-refractivity contribution in [2.24, 2.45) is 11.5 Å². The normalized spacial score (nSPS) is 7.47. The Morgan fingerprint density at radius 3 is 1.12 bits per heavy atom. The minimum atomic E-state index is -0.833. The third kappa shape index (κ3) is 31.4. The van der Waals surface area contributed by atoms with Crippen molar-refractivity contribution in [3.8, 4) is 0 Å². The smallest absolute Gasteiger partial charge is 0.318 e. The molecule has 0 aromatic rings. The Kier molecular flexibility index (Phi) is 15.0. The maximum Gasteiger partial charge on any atom is 0.318 e. The van der Waals surface area contributed by atoms with Gasteiger partial charge in [-0.15, -0.1) is 0 Å². The number of nitrogens with two attached hydrogens (primary N) is 2. The molecule has 17 heavy (non-hydrogen) atoms. The topological polar surface area (TPSA) is 92.7 Å². The predicted molar refractivity (Wildman–Crippen MR) is 71.6 cm³/mol. The first kappa shape index (κ1) is 20.7. The molecule has 4 N–H and O–H groups in total. The first-order chi connectivity index (χ1) is 7.56. The first-order valence-corrected chi connectivity index (χ1v) is 5.09. The largest absolute Gasteiger partial charge is 0.352 e. The molecule has 0 saturated carbocycles. The van der Waals surface area contributed by atoms with E-state index in [2.05, 4.69) is 31.4 Å².